The first-order valence-corrected chi connectivity index (χ1v) is 7.79. The van der Waals surface area contributed by atoms with E-state index in [4.69, 9.17) is 4.74 Å². The Morgan fingerprint density at radius 1 is 1.38 bits per heavy atom. The maximum Gasteiger partial charge on any atom is 0.341 e. The van der Waals surface area contributed by atoms with Gasteiger partial charge < -0.3 is 15.0 Å². The van der Waals surface area contributed by atoms with Crippen molar-refractivity contribution in [3.63, 3.8) is 0 Å². The number of thiophene rings is 1. The van der Waals surface area contributed by atoms with Crippen molar-refractivity contribution in [1.29, 1.82) is 0 Å². The third-order valence-electron chi connectivity index (χ3n) is 3.89. The highest BCUT2D eigenvalue weighted by Gasteiger charge is 2.38. The molecule has 0 radical (unpaired) electrons. The number of fused-ring (bicyclic) bond motifs is 2. The molecule has 0 saturated carbocycles. The quantitative estimate of drug-likeness (QED) is 0.865. The zero-order chi connectivity index (χ0) is 14.3. The van der Waals surface area contributed by atoms with E-state index in [9.17, 15) is 9.59 Å². The lowest BCUT2D eigenvalue weighted by atomic mass is 9.84. The average Bonchev–Trinajstić information content (AvgIpc) is 2.80. The van der Waals surface area contributed by atoms with Crippen molar-refractivity contribution in [2.45, 2.75) is 32.6 Å². The van der Waals surface area contributed by atoms with E-state index in [-0.39, 0.29) is 24.3 Å². The minimum Gasteiger partial charge on any atom is -0.462 e. The summed E-state index contributed by atoms with van der Waals surface area (Å²) in [5, 5.41) is 4.57. The highest BCUT2D eigenvalue weighted by molar-refractivity contribution is 7.20. The number of carbonyl (C=O) groups excluding carboxylic acids is 2. The Hall–Kier alpha value is -1.27. The normalized spacial score (nSPS) is 16.2. The molecular weight excluding hydrogens is 312 g/mol. The molecule has 0 aliphatic carbocycles. The number of hydrogen-bond acceptors (Lipinski definition) is 5. The zero-order valence-corrected chi connectivity index (χ0v) is 13.7. The summed E-state index contributed by atoms with van der Waals surface area (Å²) >= 11 is 1.50. The Labute approximate surface area is 134 Å². The predicted molar refractivity (Wildman–Crippen MR) is 86.0 cm³/mol. The van der Waals surface area contributed by atoms with Crippen LogP contribution >= 0.6 is 23.7 Å². The largest absolute Gasteiger partial charge is 0.462 e. The van der Waals surface area contributed by atoms with Crippen LogP contribution in [-0.4, -0.2) is 31.6 Å². The molecule has 4 heterocycles. The molecule has 2 bridgehead atoms. The molecule has 1 amide bonds. The average molecular weight is 331 g/mol. The van der Waals surface area contributed by atoms with Crippen LogP contribution in [0, 0.1) is 0 Å². The molecule has 1 N–H and O–H groups in total. The van der Waals surface area contributed by atoms with E-state index >= 15 is 0 Å². The van der Waals surface area contributed by atoms with Gasteiger partial charge in [0.25, 0.3) is 0 Å². The van der Waals surface area contributed by atoms with Gasteiger partial charge in [-0.25, -0.2) is 4.79 Å². The first-order chi connectivity index (χ1) is 9.61. The van der Waals surface area contributed by atoms with E-state index < -0.39 is 0 Å². The smallest absolute Gasteiger partial charge is 0.341 e. The first-order valence-electron chi connectivity index (χ1n) is 6.98. The third-order valence-corrected chi connectivity index (χ3v) is 5.07. The molecule has 0 unspecified atom stereocenters. The van der Waals surface area contributed by atoms with Crippen molar-refractivity contribution >= 4 is 45.6 Å². The highest BCUT2D eigenvalue weighted by atomic mass is 35.5. The van der Waals surface area contributed by atoms with Crippen molar-refractivity contribution in [2.24, 2.45) is 0 Å². The van der Waals surface area contributed by atoms with Crippen molar-refractivity contribution < 1.29 is 14.3 Å². The molecule has 4 rings (SSSR count). The summed E-state index contributed by atoms with van der Waals surface area (Å²) in [4.78, 5) is 26.0. The summed E-state index contributed by atoms with van der Waals surface area (Å²) < 4.78 is 5.18. The van der Waals surface area contributed by atoms with Crippen LogP contribution in [0.5, 0.6) is 0 Å². The Morgan fingerprint density at radius 2 is 2.05 bits per heavy atom. The summed E-state index contributed by atoms with van der Waals surface area (Å²) in [5.41, 5.74) is 1.67. The van der Waals surface area contributed by atoms with Gasteiger partial charge in [0.2, 0.25) is 5.91 Å². The molecule has 7 heteroatoms. The van der Waals surface area contributed by atoms with Crippen LogP contribution in [-0.2, 0) is 9.53 Å². The molecule has 1 aromatic rings. The molecule has 3 aliphatic rings. The number of piperidine rings is 1. The number of rotatable bonds is 3. The lowest BCUT2D eigenvalue weighted by molar-refractivity contribution is -0.114. The van der Waals surface area contributed by atoms with Gasteiger partial charge in [0.05, 0.1) is 17.2 Å². The predicted octanol–water partition coefficient (Wildman–Crippen LogP) is 3.00. The number of anilines is 2. The lowest BCUT2D eigenvalue weighted by Crippen LogP contribution is -2.38. The minimum atomic E-state index is -0.317. The monoisotopic (exact) mass is 330 g/mol. The summed E-state index contributed by atoms with van der Waals surface area (Å²) in [6.45, 7) is 5.68. The standard InChI is InChI=1S/C14H18N2O3S.ClH/c1-3-19-14(18)11-10-9-4-6-16(7-5-9)13(10)20-12(11)15-8(2)17;/h9H,3-7H2,1-2H3,(H,15,17);1H. The molecule has 0 atom stereocenters. The van der Waals surface area contributed by atoms with Crippen LogP contribution in [0.25, 0.3) is 0 Å². The molecule has 5 nitrogen and oxygen atoms in total. The van der Waals surface area contributed by atoms with Crippen molar-refractivity contribution in [2.75, 3.05) is 29.9 Å². The highest BCUT2D eigenvalue weighted by Crippen LogP contribution is 2.51. The molecule has 1 saturated heterocycles. The van der Waals surface area contributed by atoms with Gasteiger partial charge in [-0.05, 0) is 25.7 Å². The third kappa shape index (κ3) is 2.74. The second-order valence-electron chi connectivity index (χ2n) is 5.19. The molecule has 3 aliphatic heterocycles. The zero-order valence-electron chi connectivity index (χ0n) is 12.1. The number of halogens is 1. The van der Waals surface area contributed by atoms with Crippen LogP contribution in [0.4, 0.5) is 10.0 Å². The fourth-order valence-electron chi connectivity index (χ4n) is 3.07. The number of nitrogens with one attached hydrogen (secondary N) is 1. The molecular formula is C14H19ClN2O3S. The van der Waals surface area contributed by atoms with Crippen LogP contribution in [0.2, 0.25) is 0 Å². The van der Waals surface area contributed by atoms with E-state index in [2.05, 4.69) is 10.2 Å². The Balaban J connectivity index is 0.00000161. The Bertz CT molecular complexity index is 565. The van der Waals surface area contributed by atoms with Gasteiger partial charge >= 0.3 is 5.97 Å². The maximum atomic E-state index is 12.3. The van der Waals surface area contributed by atoms with Gasteiger partial charge in [-0.1, -0.05) is 11.3 Å². The van der Waals surface area contributed by atoms with E-state index in [1.54, 1.807) is 6.92 Å². The van der Waals surface area contributed by atoms with Crippen LogP contribution < -0.4 is 10.2 Å². The topological polar surface area (TPSA) is 58.6 Å². The van der Waals surface area contributed by atoms with E-state index in [1.807, 2.05) is 0 Å². The number of hydrogen-bond donors (Lipinski definition) is 1. The molecule has 1 aromatic heterocycles. The molecule has 21 heavy (non-hydrogen) atoms. The van der Waals surface area contributed by atoms with Gasteiger partial charge in [0, 0.05) is 25.6 Å². The van der Waals surface area contributed by atoms with Crippen molar-refractivity contribution in [1.82, 2.24) is 0 Å². The second kappa shape index (κ2) is 6.23. The molecule has 0 aromatic carbocycles. The second-order valence-corrected chi connectivity index (χ2v) is 6.19. The fraction of sp³-hybridized carbons (Fsp3) is 0.571. The number of esters is 1. The van der Waals surface area contributed by atoms with Gasteiger partial charge in [0.15, 0.2) is 0 Å². The van der Waals surface area contributed by atoms with Crippen LogP contribution in [0.15, 0.2) is 0 Å². The number of amides is 1. The SMILES string of the molecule is CCOC(=O)c1c(NC(C)=O)sc2c1C1CCN2CC1.Cl. The maximum absolute atomic E-state index is 12.3. The summed E-state index contributed by atoms with van der Waals surface area (Å²) in [5.74, 6) is -0.0489. The number of ether oxygens (including phenoxy) is 1. The Kier molecular flexibility index (Phi) is 4.78. The first kappa shape index (κ1) is 16.1. The number of nitrogens with zero attached hydrogens (tertiary/aromatic N) is 1. The number of carbonyl (C=O) groups is 2. The Morgan fingerprint density at radius 3 is 2.62 bits per heavy atom. The van der Waals surface area contributed by atoms with Crippen molar-refractivity contribution in [3.8, 4) is 0 Å². The van der Waals surface area contributed by atoms with Gasteiger partial charge in [-0.3, -0.25) is 4.79 Å². The molecule has 0 spiro atoms. The van der Waals surface area contributed by atoms with Crippen LogP contribution in [0.1, 0.15) is 48.5 Å². The van der Waals surface area contributed by atoms with E-state index in [1.165, 1.54) is 18.3 Å². The minimum absolute atomic E-state index is 0. The van der Waals surface area contributed by atoms with Crippen LogP contribution in [0.3, 0.4) is 0 Å². The summed E-state index contributed by atoms with van der Waals surface area (Å²) in [7, 11) is 0. The van der Waals surface area contributed by atoms with Crippen molar-refractivity contribution in [3.05, 3.63) is 11.1 Å². The van der Waals surface area contributed by atoms with E-state index in [0.29, 0.717) is 23.1 Å². The lowest BCUT2D eigenvalue weighted by Gasteiger charge is -2.40. The van der Waals surface area contributed by atoms with Gasteiger partial charge in [-0.2, -0.15) is 0 Å². The summed E-state index contributed by atoms with van der Waals surface area (Å²) in [6.07, 6.45) is 2.16. The van der Waals surface area contributed by atoms with E-state index in [0.717, 1.165) is 36.5 Å². The van der Waals surface area contributed by atoms with Gasteiger partial charge in [0.1, 0.15) is 5.00 Å². The fourth-order valence-corrected chi connectivity index (χ4v) is 4.44. The molecule has 1 fully saturated rings. The molecule has 116 valence electrons. The summed E-state index contributed by atoms with van der Waals surface area (Å²) in [6, 6.07) is 0. The van der Waals surface area contributed by atoms with Gasteiger partial charge in [-0.15, -0.1) is 12.4 Å².